The number of phenols is 1. The molecule has 0 aliphatic heterocycles. The van der Waals surface area contributed by atoms with E-state index in [0.29, 0.717) is 0 Å². The van der Waals surface area contributed by atoms with E-state index < -0.39 is 5.97 Å². The largest absolute Gasteiger partial charge is 0.505 e. The number of phenolic OH excluding ortho intramolecular Hbond substituents is 1. The van der Waals surface area contributed by atoms with Gasteiger partial charge in [-0.2, -0.15) is 0 Å². The third-order valence-electron chi connectivity index (χ3n) is 1.95. The van der Waals surface area contributed by atoms with Crippen molar-refractivity contribution in [2.45, 2.75) is 6.92 Å². The van der Waals surface area contributed by atoms with Crippen LogP contribution in [0.2, 0.25) is 0 Å². The van der Waals surface area contributed by atoms with Crippen LogP contribution in [0.1, 0.15) is 27.6 Å². The normalized spacial score (nSPS) is 9.73. The van der Waals surface area contributed by atoms with Crippen molar-refractivity contribution in [1.82, 2.24) is 0 Å². The molecule has 0 aliphatic rings. The first-order valence-electron chi connectivity index (χ1n) is 4.19. The molecule has 0 heterocycles. The fourth-order valence-electron chi connectivity index (χ4n) is 1.13. The minimum atomic E-state index is -0.734. The Labute approximate surface area is 86.5 Å². The van der Waals surface area contributed by atoms with Gasteiger partial charge in [0.15, 0.2) is 11.5 Å². The molecule has 1 aromatic carbocycles. The summed E-state index contributed by atoms with van der Waals surface area (Å²) in [4.78, 5) is 22.3. The molecule has 3 N–H and O–H groups in total. The lowest BCUT2D eigenvalue weighted by atomic mass is 10.1. The summed E-state index contributed by atoms with van der Waals surface area (Å²) in [6, 6.07) is 2.56. The SMILES string of the molecule is COC(=O)c1cc(C(C)=O)cc(N)c1O. The highest BCUT2D eigenvalue weighted by molar-refractivity contribution is 6.01. The van der Waals surface area contributed by atoms with Gasteiger partial charge in [0, 0.05) is 5.56 Å². The number of esters is 1. The Hall–Kier alpha value is -2.04. The van der Waals surface area contributed by atoms with Crippen LogP contribution in [0.25, 0.3) is 0 Å². The van der Waals surface area contributed by atoms with E-state index in [1.54, 1.807) is 0 Å². The first-order chi connectivity index (χ1) is 6.97. The van der Waals surface area contributed by atoms with Crippen LogP contribution in [0.5, 0.6) is 5.75 Å². The minimum absolute atomic E-state index is 0.0249. The van der Waals surface area contributed by atoms with Gasteiger partial charge in [0.1, 0.15) is 5.56 Å². The highest BCUT2D eigenvalue weighted by atomic mass is 16.5. The Morgan fingerprint density at radius 3 is 2.47 bits per heavy atom. The maximum Gasteiger partial charge on any atom is 0.341 e. The van der Waals surface area contributed by atoms with Crippen molar-refractivity contribution in [2.75, 3.05) is 12.8 Å². The van der Waals surface area contributed by atoms with Gasteiger partial charge in [-0.1, -0.05) is 0 Å². The summed E-state index contributed by atoms with van der Waals surface area (Å²) < 4.78 is 4.44. The molecule has 80 valence electrons. The zero-order chi connectivity index (χ0) is 11.6. The number of aromatic hydroxyl groups is 1. The van der Waals surface area contributed by atoms with E-state index in [0.717, 1.165) is 0 Å². The second kappa shape index (κ2) is 4.00. The molecule has 0 bridgehead atoms. The number of hydrogen-bond acceptors (Lipinski definition) is 5. The molecule has 1 aromatic rings. The number of anilines is 1. The van der Waals surface area contributed by atoms with E-state index in [2.05, 4.69) is 4.74 Å². The number of ketones is 1. The van der Waals surface area contributed by atoms with Gasteiger partial charge in [-0.3, -0.25) is 4.79 Å². The van der Waals surface area contributed by atoms with Gasteiger partial charge < -0.3 is 15.6 Å². The second-order valence-corrected chi connectivity index (χ2v) is 3.01. The van der Waals surface area contributed by atoms with Gasteiger partial charge in [0.05, 0.1) is 12.8 Å². The topological polar surface area (TPSA) is 89.6 Å². The molecule has 0 aromatic heterocycles. The number of carbonyl (C=O) groups excluding carboxylic acids is 2. The van der Waals surface area contributed by atoms with E-state index in [1.165, 1.54) is 26.2 Å². The highest BCUT2D eigenvalue weighted by Gasteiger charge is 2.16. The summed E-state index contributed by atoms with van der Waals surface area (Å²) in [7, 11) is 1.18. The van der Waals surface area contributed by atoms with Crippen LogP contribution >= 0.6 is 0 Å². The van der Waals surface area contributed by atoms with E-state index in [-0.39, 0.29) is 28.3 Å². The summed E-state index contributed by atoms with van der Waals surface area (Å²) in [5, 5.41) is 9.47. The molecule has 0 radical (unpaired) electrons. The zero-order valence-electron chi connectivity index (χ0n) is 8.40. The predicted molar refractivity (Wildman–Crippen MR) is 53.9 cm³/mol. The van der Waals surface area contributed by atoms with Crippen molar-refractivity contribution in [2.24, 2.45) is 0 Å². The van der Waals surface area contributed by atoms with Crippen molar-refractivity contribution in [3.63, 3.8) is 0 Å². The van der Waals surface area contributed by atoms with Gasteiger partial charge in [-0.15, -0.1) is 0 Å². The van der Waals surface area contributed by atoms with E-state index >= 15 is 0 Å². The summed E-state index contributed by atoms with van der Waals surface area (Å²) >= 11 is 0. The Bertz CT molecular complexity index is 426. The van der Waals surface area contributed by atoms with Crippen LogP contribution in [-0.2, 0) is 4.74 Å². The number of nitrogen functional groups attached to an aromatic ring is 1. The number of methoxy groups -OCH3 is 1. The van der Waals surface area contributed by atoms with Gasteiger partial charge in [0.2, 0.25) is 0 Å². The third kappa shape index (κ3) is 2.07. The Morgan fingerprint density at radius 2 is 2.00 bits per heavy atom. The van der Waals surface area contributed by atoms with Crippen LogP contribution < -0.4 is 5.73 Å². The molecule has 5 nitrogen and oxygen atoms in total. The van der Waals surface area contributed by atoms with Gasteiger partial charge >= 0.3 is 5.97 Å². The molecule has 0 amide bonds. The molecule has 0 fully saturated rings. The smallest absolute Gasteiger partial charge is 0.341 e. The summed E-state index contributed by atoms with van der Waals surface area (Å²) in [5.74, 6) is -1.35. The molecule has 5 heteroatoms. The maximum absolute atomic E-state index is 11.2. The quantitative estimate of drug-likeness (QED) is 0.328. The molecule has 0 saturated heterocycles. The lowest BCUT2D eigenvalue weighted by molar-refractivity contribution is 0.0597. The standard InChI is InChI=1S/C10H11NO4/c1-5(12)6-3-7(10(14)15-2)9(13)8(11)4-6/h3-4,13H,11H2,1-2H3. The van der Waals surface area contributed by atoms with Crippen molar-refractivity contribution in [1.29, 1.82) is 0 Å². The third-order valence-corrected chi connectivity index (χ3v) is 1.95. The molecule has 15 heavy (non-hydrogen) atoms. The number of nitrogens with two attached hydrogens (primary N) is 1. The van der Waals surface area contributed by atoms with Gasteiger partial charge in [-0.25, -0.2) is 4.79 Å². The molecular weight excluding hydrogens is 198 g/mol. The molecule has 1 rings (SSSR count). The second-order valence-electron chi connectivity index (χ2n) is 3.01. The average Bonchev–Trinajstić information content (AvgIpc) is 2.20. The Balaban J connectivity index is 3.37. The summed E-state index contributed by atoms with van der Waals surface area (Å²) in [5.41, 5.74) is 5.56. The van der Waals surface area contributed by atoms with Crippen LogP contribution in [0.15, 0.2) is 12.1 Å². The minimum Gasteiger partial charge on any atom is -0.505 e. The first-order valence-corrected chi connectivity index (χ1v) is 4.19. The van der Waals surface area contributed by atoms with Crippen LogP contribution in [0.4, 0.5) is 5.69 Å². The van der Waals surface area contributed by atoms with E-state index in [1.807, 2.05) is 0 Å². The Kier molecular flexibility index (Phi) is 2.94. The lowest BCUT2D eigenvalue weighted by Gasteiger charge is -2.07. The fourth-order valence-corrected chi connectivity index (χ4v) is 1.13. The summed E-state index contributed by atoms with van der Waals surface area (Å²) in [6.45, 7) is 1.34. The van der Waals surface area contributed by atoms with Gasteiger partial charge in [-0.05, 0) is 19.1 Å². The van der Waals surface area contributed by atoms with Crippen molar-refractivity contribution >= 4 is 17.4 Å². The van der Waals surface area contributed by atoms with Crippen LogP contribution in [0, 0.1) is 0 Å². The number of benzene rings is 1. The molecule has 0 unspecified atom stereocenters. The zero-order valence-corrected chi connectivity index (χ0v) is 8.40. The molecule has 0 atom stereocenters. The molecular formula is C10H11NO4. The number of Topliss-reactive ketones (excluding diaryl/α,β-unsaturated/α-hetero) is 1. The van der Waals surface area contributed by atoms with Crippen LogP contribution in [0.3, 0.4) is 0 Å². The van der Waals surface area contributed by atoms with E-state index in [4.69, 9.17) is 5.73 Å². The number of ether oxygens (including phenoxy) is 1. The number of hydrogen-bond donors (Lipinski definition) is 2. The van der Waals surface area contributed by atoms with E-state index in [9.17, 15) is 14.7 Å². The number of rotatable bonds is 2. The van der Waals surface area contributed by atoms with Crippen LogP contribution in [-0.4, -0.2) is 24.0 Å². The van der Waals surface area contributed by atoms with Gasteiger partial charge in [0.25, 0.3) is 0 Å². The average molecular weight is 209 g/mol. The maximum atomic E-state index is 11.2. The Morgan fingerprint density at radius 1 is 1.40 bits per heavy atom. The lowest BCUT2D eigenvalue weighted by Crippen LogP contribution is -2.06. The molecule has 0 saturated carbocycles. The van der Waals surface area contributed by atoms with Crippen molar-refractivity contribution in [3.05, 3.63) is 23.3 Å². The summed E-state index contributed by atoms with van der Waals surface area (Å²) in [6.07, 6.45) is 0. The van der Waals surface area contributed by atoms with Crippen molar-refractivity contribution < 1.29 is 19.4 Å². The first kappa shape index (κ1) is 11.0. The number of carbonyl (C=O) groups is 2. The highest BCUT2D eigenvalue weighted by Crippen LogP contribution is 2.27. The fraction of sp³-hybridized carbons (Fsp3) is 0.200. The predicted octanol–water partition coefficient (Wildman–Crippen LogP) is 0.964. The molecule has 0 spiro atoms. The monoisotopic (exact) mass is 209 g/mol. The van der Waals surface area contributed by atoms with Crippen molar-refractivity contribution in [3.8, 4) is 5.75 Å². The molecule has 0 aliphatic carbocycles.